The van der Waals surface area contributed by atoms with E-state index < -0.39 is 10.9 Å². The van der Waals surface area contributed by atoms with E-state index in [0.29, 0.717) is 16.1 Å². The highest BCUT2D eigenvalue weighted by Gasteiger charge is 2.25. The molecule has 0 spiro atoms. The summed E-state index contributed by atoms with van der Waals surface area (Å²) in [6, 6.07) is 12.9. The van der Waals surface area contributed by atoms with Crippen LogP contribution in [0.4, 0.5) is 5.69 Å². The van der Waals surface area contributed by atoms with Crippen LogP contribution in [0.1, 0.15) is 21.7 Å². The predicted molar refractivity (Wildman–Crippen MR) is 93.9 cm³/mol. The number of nitrogens with zero attached hydrogens (tertiary/aromatic N) is 2. The van der Waals surface area contributed by atoms with Gasteiger partial charge in [0.05, 0.1) is 15.5 Å². The first-order valence-electron chi connectivity index (χ1n) is 7.59. The monoisotopic (exact) mass is 372 g/mol. The highest BCUT2D eigenvalue weighted by molar-refractivity contribution is 6.33. The van der Waals surface area contributed by atoms with Crippen molar-refractivity contribution in [1.29, 1.82) is 0 Å². The molecule has 0 saturated heterocycles. The Morgan fingerprint density at radius 3 is 2.65 bits per heavy atom. The molecule has 0 aliphatic carbocycles. The fourth-order valence-corrected chi connectivity index (χ4v) is 2.70. The molecule has 0 atom stereocenters. The van der Waals surface area contributed by atoms with Crippen molar-refractivity contribution in [3.05, 3.63) is 80.6 Å². The first-order chi connectivity index (χ1) is 12.5. The van der Waals surface area contributed by atoms with Crippen LogP contribution in [0.2, 0.25) is 5.02 Å². The first-order valence-corrected chi connectivity index (χ1v) is 7.97. The van der Waals surface area contributed by atoms with Gasteiger partial charge in [0, 0.05) is 11.6 Å². The second-order valence-electron chi connectivity index (χ2n) is 5.40. The number of hydrogen-bond donors (Lipinski definition) is 0. The number of halogens is 1. The Morgan fingerprint density at radius 2 is 1.92 bits per heavy atom. The fourth-order valence-electron chi connectivity index (χ4n) is 2.48. The standard InChI is InChI=1S/C18H13ClN2O5/c1-11-16(17(20-26-11)13-7-3-4-8-14(13)19)18(22)25-10-12-6-2-5-9-15(12)21(23)24/h2-9H,10H2,1H3. The molecular weight excluding hydrogens is 360 g/mol. The van der Waals surface area contributed by atoms with E-state index in [2.05, 4.69) is 5.16 Å². The number of aryl methyl sites for hydroxylation is 1. The maximum atomic E-state index is 12.6. The van der Waals surface area contributed by atoms with Gasteiger partial charge in [0.25, 0.3) is 5.69 Å². The molecule has 26 heavy (non-hydrogen) atoms. The molecule has 0 bridgehead atoms. The van der Waals surface area contributed by atoms with E-state index in [1.165, 1.54) is 12.1 Å². The third kappa shape index (κ3) is 3.43. The van der Waals surface area contributed by atoms with Crippen LogP contribution < -0.4 is 0 Å². The number of aromatic nitrogens is 1. The number of ether oxygens (including phenoxy) is 1. The molecule has 1 heterocycles. The van der Waals surface area contributed by atoms with Crippen LogP contribution >= 0.6 is 11.6 Å². The summed E-state index contributed by atoms with van der Waals surface area (Å²) < 4.78 is 10.4. The predicted octanol–water partition coefficient (Wildman–Crippen LogP) is 4.57. The van der Waals surface area contributed by atoms with Gasteiger partial charge in [-0.1, -0.05) is 47.1 Å². The Hall–Kier alpha value is -3.19. The summed E-state index contributed by atoms with van der Waals surface area (Å²) in [5.74, 6) is -0.427. The number of nitro benzene ring substituents is 1. The van der Waals surface area contributed by atoms with Crippen LogP contribution in [-0.4, -0.2) is 16.0 Å². The minimum atomic E-state index is -0.697. The van der Waals surface area contributed by atoms with Crippen molar-refractivity contribution in [2.75, 3.05) is 0 Å². The van der Waals surface area contributed by atoms with E-state index >= 15 is 0 Å². The lowest BCUT2D eigenvalue weighted by Gasteiger charge is -2.07. The van der Waals surface area contributed by atoms with E-state index in [9.17, 15) is 14.9 Å². The van der Waals surface area contributed by atoms with Crippen molar-refractivity contribution < 1.29 is 19.0 Å². The van der Waals surface area contributed by atoms with E-state index in [1.54, 1.807) is 43.3 Å². The molecule has 7 nitrogen and oxygen atoms in total. The van der Waals surface area contributed by atoms with Crippen molar-refractivity contribution in [1.82, 2.24) is 5.16 Å². The number of nitro groups is 1. The van der Waals surface area contributed by atoms with Crippen LogP contribution in [0.15, 0.2) is 53.1 Å². The molecule has 3 aromatic rings. The quantitative estimate of drug-likeness (QED) is 0.370. The average Bonchev–Trinajstić information content (AvgIpc) is 3.01. The number of esters is 1. The first kappa shape index (κ1) is 17.6. The van der Waals surface area contributed by atoms with Crippen molar-refractivity contribution in [3.63, 3.8) is 0 Å². The van der Waals surface area contributed by atoms with E-state index in [-0.39, 0.29) is 29.3 Å². The average molecular weight is 373 g/mol. The lowest BCUT2D eigenvalue weighted by atomic mass is 10.1. The number of carbonyl (C=O) groups excluding carboxylic acids is 1. The summed E-state index contributed by atoms with van der Waals surface area (Å²) in [4.78, 5) is 23.1. The molecule has 0 aliphatic heterocycles. The fraction of sp³-hybridized carbons (Fsp3) is 0.111. The third-order valence-corrected chi connectivity index (χ3v) is 4.07. The number of para-hydroxylation sites is 1. The minimum Gasteiger partial charge on any atom is -0.457 e. The number of rotatable bonds is 5. The van der Waals surface area contributed by atoms with Gasteiger partial charge in [-0.2, -0.15) is 0 Å². The highest BCUT2D eigenvalue weighted by atomic mass is 35.5. The van der Waals surface area contributed by atoms with E-state index in [0.717, 1.165) is 0 Å². The lowest BCUT2D eigenvalue weighted by Crippen LogP contribution is -2.08. The van der Waals surface area contributed by atoms with Crippen LogP contribution in [0, 0.1) is 17.0 Å². The summed E-state index contributed by atoms with van der Waals surface area (Å²) in [6.07, 6.45) is 0. The van der Waals surface area contributed by atoms with Crippen LogP contribution in [-0.2, 0) is 11.3 Å². The number of carbonyl (C=O) groups is 1. The Bertz CT molecular complexity index is 983. The molecule has 0 fully saturated rings. The second-order valence-corrected chi connectivity index (χ2v) is 5.81. The van der Waals surface area contributed by atoms with Crippen molar-refractivity contribution in [2.45, 2.75) is 13.5 Å². The minimum absolute atomic E-state index is 0.117. The van der Waals surface area contributed by atoms with Gasteiger partial charge < -0.3 is 9.26 Å². The SMILES string of the molecule is Cc1onc(-c2ccccc2Cl)c1C(=O)OCc1ccccc1[N+](=O)[O-]. The molecule has 132 valence electrons. The summed E-state index contributed by atoms with van der Waals surface area (Å²) >= 11 is 6.16. The van der Waals surface area contributed by atoms with Crippen LogP contribution in [0.3, 0.4) is 0 Å². The van der Waals surface area contributed by atoms with Gasteiger partial charge in [0.1, 0.15) is 23.6 Å². The van der Waals surface area contributed by atoms with Gasteiger partial charge in [-0.25, -0.2) is 4.79 Å². The zero-order chi connectivity index (χ0) is 18.7. The van der Waals surface area contributed by atoms with Crippen molar-refractivity contribution in [2.24, 2.45) is 0 Å². The zero-order valence-corrected chi connectivity index (χ0v) is 14.4. The maximum absolute atomic E-state index is 12.6. The molecule has 0 aliphatic rings. The molecule has 1 aromatic heterocycles. The summed E-state index contributed by atoms with van der Waals surface area (Å²) in [5.41, 5.74) is 1.11. The van der Waals surface area contributed by atoms with Gasteiger partial charge in [-0.05, 0) is 19.1 Å². The van der Waals surface area contributed by atoms with Gasteiger partial charge in [-0.15, -0.1) is 0 Å². The largest absolute Gasteiger partial charge is 0.457 e. The maximum Gasteiger partial charge on any atom is 0.344 e. The molecule has 0 amide bonds. The Balaban J connectivity index is 1.87. The molecule has 0 unspecified atom stereocenters. The van der Waals surface area contributed by atoms with Gasteiger partial charge in [0.2, 0.25) is 0 Å². The molecular formula is C18H13ClN2O5. The van der Waals surface area contributed by atoms with Crippen molar-refractivity contribution in [3.8, 4) is 11.3 Å². The lowest BCUT2D eigenvalue weighted by molar-refractivity contribution is -0.385. The van der Waals surface area contributed by atoms with Crippen LogP contribution in [0.25, 0.3) is 11.3 Å². The third-order valence-electron chi connectivity index (χ3n) is 3.74. The number of hydrogen-bond acceptors (Lipinski definition) is 6. The van der Waals surface area contributed by atoms with Crippen molar-refractivity contribution >= 4 is 23.3 Å². The highest BCUT2D eigenvalue weighted by Crippen LogP contribution is 2.31. The molecule has 0 saturated carbocycles. The van der Waals surface area contributed by atoms with Gasteiger partial charge >= 0.3 is 5.97 Å². The summed E-state index contributed by atoms with van der Waals surface area (Å²) in [5, 5.41) is 15.4. The van der Waals surface area contributed by atoms with E-state index in [1.807, 2.05) is 0 Å². The Kier molecular flexibility index (Phi) is 4.99. The Morgan fingerprint density at radius 1 is 1.23 bits per heavy atom. The molecule has 8 heteroatoms. The number of benzene rings is 2. The smallest absolute Gasteiger partial charge is 0.344 e. The van der Waals surface area contributed by atoms with E-state index in [4.69, 9.17) is 20.9 Å². The molecule has 0 N–H and O–H groups in total. The van der Waals surface area contributed by atoms with Crippen LogP contribution in [0.5, 0.6) is 0 Å². The Labute approximate surface area is 153 Å². The molecule has 0 radical (unpaired) electrons. The normalized spacial score (nSPS) is 10.5. The topological polar surface area (TPSA) is 95.5 Å². The molecule has 2 aromatic carbocycles. The summed E-state index contributed by atoms with van der Waals surface area (Å²) in [7, 11) is 0. The molecule has 3 rings (SSSR count). The zero-order valence-electron chi connectivity index (χ0n) is 13.6. The van der Waals surface area contributed by atoms with Gasteiger partial charge in [-0.3, -0.25) is 10.1 Å². The second kappa shape index (κ2) is 7.37. The summed E-state index contributed by atoms with van der Waals surface area (Å²) in [6.45, 7) is 1.33. The van der Waals surface area contributed by atoms with Gasteiger partial charge in [0.15, 0.2) is 0 Å².